The lowest BCUT2D eigenvalue weighted by Crippen LogP contribution is -2.55. The van der Waals surface area contributed by atoms with Gasteiger partial charge in [0.2, 0.25) is 11.8 Å². The Labute approximate surface area is 158 Å². The van der Waals surface area contributed by atoms with E-state index in [-0.39, 0.29) is 5.92 Å². The van der Waals surface area contributed by atoms with Crippen LogP contribution in [-0.2, 0) is 38.2 Å². The summed E-state index contributed by atoms with van der Waals surface area (Å²) in [5, 5.41) is 4.88. The van der Waals surface area contributed by atoms with Gasteiger partial charge in [-0.3, -0.25) is 19.2 Å². The molecule has 10 nitrogen and oxygen atoms in total. The average Bonchev–Trinajstić information content (AvgIpc) is 2.61. The summed E-state index contributed by atoms with van der Waals surface area (Å²) in [6.07, 6.45) is -0.197. The number of carbonyl (C=O) groups is 5. The van der Waals surface area contributed by atoms with Gasteiger partial charge in [-0.05, 0) is 12.3 Å². The van der Waals surface area contributed by atoms with Crippen LogP contribution in [-0.4, -0.2) is 63.1 Å². The molecule has 0 aliphatic heterocycles. The van der Waals surface area contributed by atoms with Crippen molar-refractivity contribution < 1.29 is 38.2 Å². The Kier molecular flexibility index (Phi) is 10.7. The van der Waals surface area contributed by atoms with E-state index >= 15 is 0 Å². The van der Waals surface area contributed by atoms with Crippen LogP contribution >= 0.6 is 0 Å². The van der Waals surface area contributed by atoms with Crippen LogP contribution in [0.1, 0.15) is 33.6 Å². The van der Waals surface area contributed by atoms with Gasteiger partial charge >= 0.3 is 17.9 Å². The van der Waals surface area contributed by atoms with Crippen LogP contribution in [0.5, 0.6) is 0 Å². The number of esters is 3. The predicted molar refractivity (Wildman–Crippen MR) is 93.1 cm³/mol. The van der Waals surface area contributed by atoms with Crippen molar-refractivity contribution in [3.05, 3.63) is 0 Å². The molecule has 0 heterocycles. The number of amides is 2. The zero-order chi connectivity index (χ0) is 21.1. The fourth-order valence-corrected chi connectivity index (χ4v) is 2.40. The highest BCUT2D eigenvalue weighted by atomic mass is 16.5. The van der Waals surface area contributed by atoms with Gasteiger partial charge in [0.1, 0.15) is 12.1 Å². The normalized spacial score (nSPS) is 13.7. The Morgan fingerprint density at radius 2 is 1.41 bits per heavy atom. The highest BCUT2D eigenvalue weighted by Gasteiger charge is 2.39. The second kappa shape index (κ2) is 11.9. The largest absolute Gasteiger partial charge is 0.469 e. The molecule has 3 atom stereocenters. The summed E-state index contributed by atoms with van der Waals surface area (Å²) in [6, 6.07) is -2.41. The zero-order valence-electron chi connectivity index (χ0n) is 16.5. The lowest BCUT2D eigenvalue weighted by Gasteiger charge is -2.26. The summed E-state index contributed by atoms with van der Waals surface area (Å²) >= 11 is 0. The van der Waals surface area contributed by atoms with Gasteiger partial charge in [0.25, 0.3) is 0 Å². The Hall–Kier alpha value is -2.65. The third-order valence-corrected chi connectivity index (χ3v) is 3.67. The predicted octanol–water partition coefficient (Wildman–Crippen LogP) is -0.453. The number of rotatable bonds is 10. The third kappa shape index (κ3) is 8.52. The molecule has 0 aliphatic carbocycles. The lowest BCUT2D eigenvalue weighted by molar-refractivity contribution is -0.159. The summed E-state index contributed by atoms with van der Waals surface area (Å²) in [6.45, 7) is 4.97. The van der Waals surface area contributed by atoms with E-state index in [9.17, 15) is 24.0 Å². The standard InChI is InChI=1S/C17H28N2O8/c1-9(2)7-12(18-10(3)20)15(22)19-14(17(24)27-6)11(16(23)26-5)8-13(21)25-4/h9,11-12,14H,7-8H2,1-6H3,(H,18,20)(H,19,22)/t11-,12-,14+/m0/s1. The zero-order valence-corrected chi connectivity index (χ0v) is 16.5. The van der Waals surface area contributed by atoms with Gasteiger partial charge < -0.3 is 24.8 Å². The topological polar surface area (TPSA) is 137 Å². The molecule has 10 heteroatoms. The summed E-state index contributed by atoms with van der Waals surface area (Å²) in [7, 11) is 3.28. The van der Waals surface area contributed by atoms with Crippen LogP contribution in [0.15, 0.2) is 0 Å². The minimum atomic E-state index is -1.49. The molecule has 154 valence electrons. The van der Waals surface area contributed by atoms with Gasteiger partial charge in [-0.2, -0.15) is 0 Å². The molecule has 0 rings (SSSR count). The second-order valence-electron chi connectivity index (χ2n) is 6.30. The first-order valence-electron chi connectivity index (χ1n) is 8.37. The van der Waals surface area contributed by atoms with E-state index in [1.165, 1.54) is 6.92 Å². The molecule has 2 N–H and O–H groups in total. The summed E-state index contributed by atoms with van der Waals surface area (Å²) < 4.78 is 13.8. The molecule has 0 bridgehead atoms. The smallest absolute Gasteiger partial charge is 0.329 e. The lowest BCUT2D eigenvalue weighted by atomic mass is 9.94. The number of hydrogen-bond donors (Lipinski definition) is 2. The molecular formula is C17H28N2O8. The van der Waals surface area contributed by atoms with Crippen LogP contribution < -0.4 is 10.6 Å². The van der Waals surface area contributed by atoms with Crippen LogP contribution in [0.3, 0.4) is 0 Å². The fourth-order valence-electron chi connectivity index (χ4n) is 2.40. The molecule has 0 spiro atoms. The van der Waals surface area contributed by atoms with E-state index < -0.39 is 54.1 Å². The molecular weight excluding hydrogens is 360 g/mol. The minimum absolute atomic E-state index is 0.0654. The number of ether oxygens (including phenoxy) is 3. The van der Waals surface area contributed by atoms with E-state index in [4.69, 9.17) is 0 Å². The Morgan fingerprint density at radius 1 is 0.852 bits per heavy atom. The van der Waals surface area contributed by atoms with Gasteiger partial charge in [0.05, 0.1) is 33.7 Å². The second-order valence-corrected chi connectivity index (χ2v) is 6.30. The first kappa shape index (κ1) is 24.4. The van der Waals surface area contributed by atoms with E-state index in [0.29, 0.717) is 6.42 Å². The fraction of sp³-hybridized carbons (Fsp3) is 0.706. The molecule has 0 aromatic carbocycles. The monoisotopic (exact) mass is 388 g/mol. The van der Waals surface area contributed by atoms with Crippen molar-refractivity contribution >= 4 is 29.7 Å². The average molecular weight is 388 g/mol. The number of nitrogens with one attached hydrogen (secondary N) is 2. The van der Waals surface area contributed by atoms with Crippen molar-refractivity contribution in [1.82, 2.24) is 10.6 Å². The summed E-state index contributed by atoms with van der Waals surface area (Å²) in [5.41, 5.74) is 0. The van der Waals surface area contributed by atoms with Crippen molar-refractivity contribution in [2.24, 2.45) is 11.8 Å². The molecule has 0 aromatic rings. The molecule has 0 unspecified atom stereocenters. The summed E-state index contributed by atoms with van der Waals surface area (Å²) in [5.74, 6) is -5.00. The molecule has 0 saturated heterocycles. The van der Waals surface area contributed by atoms with Crippen LogP contribution in [0.25, 0.3) is 0 Å². The van der Waals surface area contributed by atoms with E-state index in [1.54, 1.807) is 0 Å². The third-order valence-electron chi connectivity index (χ3n) is 3.67. The van der Waals surface area contributed by atoms with Crippen molar-refractivity contribution in [1.29, 1.82) is 0 Å². The maximum absolute atomic E-state index is 12.6. The van der Waals surface area contributed by atoms with E-state index in [2.05, 4.69) is 24.8 Å². The Bertz CT molecular complexity index is 561. The number of hydrogen-bond acceptors (Lipinski definition) is 8. The Balaban J connectivity index is 5.65. The van der Waals surface area contributed by atoms with Gasteiger partial charge in [-0.1, -0.05) is 13.8 Å². The SMILES string of the molecule is COC(=O)C[C@H](C(=O)OC)[C@@H](NC(=O)[C@H](CC(C)C)NC(C)=O)C(=O)OC. The van der Waals surface area contributed by atoms with Crippen molar-refractivity contribution in [3.63, 3.8) is 0 Å². The quantitative estimate of drug-likeness (QED) is 0.379. The van der Waals surface area contributed by atoms with Crippen LogP contribution in [0.4, 0.5) is 0 Å². The van der Waals surface area contributed by atoms with Crippen molar-refractivity contribution in [2.45, 2.75) is 45.7 Å². The van der Waals surface area contributed by atoms with Crippen LogP contribution in [0, 0.1) is 11.8 Å². The molecule has 2 amide bonds. The van der Waals surface area contributed by atoms with Gasteiger partial charge in [0.15, 0.2) is 0 Å². The maximum Gasteiger partial charge on any atom is 0.329 e. The van der Waals surface area contributed by atoms with Gasteiger partial charge in [-0.25, -0.2) is 4.79 Å². The van der Waals surface area contributed by atoms with Gasteiger partial charge in [0, 0.05) is 6.92 Å². The molecule has 0 saturated carbocycles. The molecule has 0 aliphatic rings. The van der Waals surface area contributed by atoms with Crippen molar-refractivity contribution in [2.75, 3.05) is 21.3 Å². The highest BCUT2D eigenvalue weighted by Crippen LogP contribution is 2.15. The maximum atomic E-state index is 12.6. The number of methoxy groups -OCH3 is 3. The van der Waals surface area contributed by atoms with Gasteiger partial charge in [-0.15, -0.1) is 0 Å². The summed E-state index contributed by atoms with van der Waals surface area (Å²) in [4.78, 5) is 59.8. The molecule has 0 radical (unpaired) electrons. The first-order chi connectivity index (χ1) is 12.6. The van der Waals surface area contributed by atoms with Crippen molar-refractivity contribution in [3.8, 4) is 0 Å². The molecule has 27 heavy (non-hydrogen) atoms. The van der Waals surface area contributed by atoms with E-state index in [1.807, 2.05) is 13.8 Å². The first-order valence-corrected chi connectivity index (χ1v) is 8.37. The number of carbonyl (C=O) groups excluding carboxylic acids is 5. The van der Waals surface area contributed by atoms with E-state index in [0.717, 1.165) is 21.3 Å². The van der Waals surface area contributed by atoms with Crippen LogP contribution in [0.2, 0.25) is 0 Å². The highest BCUT2D eigenvalue weighted by molar-refractivity contribution is 5.93. The Morgan fingerprint density at radius 3 is 1.81 bits per heavy atom. The minimum Gasteiger partial charge on any atom is -0.469 e. The molecule has 0 aromatic heterocycles. The molecule has 0 fully saturated rings.